The Morgan fingerprint density at radius 1 is 1.38 bits per heavy atom. The second kappa shape index (κ2) is 5.33. The molecule has 0 bridgehead atoms. The van der Waals surface area contributed by atoms with E-state index < -0.39 is 18.8 Å². The fourth-order valence-corrected chi connectivity index (χ4v) is 1.67. The number of ether oxygens (including phenoxy) is 1. The monoisotopic (exact) mass is 241 g/mol. The Kier molecular flexibility index (Phi) is 4.58. The van der Waals surface area contributed by atoms with E-state index in [1.165, 1.54) is 0 Å². The number of hydrogen-bond donors (Lipinski definition) is 2. The first-order chi connectivity index (χ1) is 7.33. The summed E-state index contributed by atoms with van der Waals surface area (Å²) in [6.07, 6.45) is -5.15. The molecule has 0 spiro atoms. The van der Waals surface area contributed by atoms with Crippen LogP contribution in [-0.4, -0.2) is 43.7 Å². The minimum Gasteiger partial charge on any atom is -0.382 e. The van der Waals surface area contributed by atoms with E-state index in [1.807, 2.05) is 6.92 Å². The second-order valence-electron chi connectivity index (χ2n) is 4.61. The van der Waals surface area contributed by atoms with Crippen LogP contribution < -0.4 is 5.32 Å². The molecule has 2 N–H and O–H groups in total. The largest absolute Gasteiger partial charge is 0.415 e. The summed E-state index contributed by atoms with van der Waals surface area (Å²) in [5.74, 6) is 0. The van der Waals surface area contributed by atoms with Crippen molar-refractivity contribution in [3.05, 3.63) is 0 Å². The van der Waals surface area contributed by atoms with E-state index in [4.69, 9.17) is 9.84 Å². The van der Waals surface area contributed by atoms with Gasteiger partial charge in [-0.3, -0.25) is 0 Å². The fourth-order valence-electron chi connectivity index (χ4n) is 1.67. The van der Waals surface area contributed by atoms with Crippen molar-refractivity contribution < 1.29 is 23.0 Å². The summed E-state index contributed by atoms with van der Waals surface area (Å²) < 4.78 is 41.2. The Labute approximate surface area is 93.0 Å². The first-order valence-corrected chi connectivity index (χ1v) is 5.37. The lowest BCUT2D eigenvalue weighted by Gasteiger charge is -2.34. The molecule has 1 atom stereocenters. The molecule has 96 valence electrons. The van der Waals surface area contributed by atoms with Crippen LogP contribution in [0.1, 0.15) is 19.8 Å². The van der Waals surface area contributed by atoms with Crippen LogP contribution in [0.5, 0.6) is 0 Å². The van der Waals surface area contributed by atoms with E-state index in [2.05, 4.69) is 5.32 Å². The van der Waals surface area contributed by atoms with Crippen molar-refractivity contribution in [2.75, 3.05) is 26.3 Å². The SMILES string of the molecule is CC1(CNCC(O)C(F)(F)F)CCOCC1. The number of aliphatic hydroxyl groups excluding tert-OH is 1. The molecule has 1 aliphatic rings. The zero-order valence-electron chi connectivity index (χ0n) is 9.31. The molecule has 16 heavy (non-hydrogen) atoms. The Morgan fingerprint density at radius 3 is 2.44 bits per heavy atom. The summed E-state index contributed by atoms with van der Waals surface area (Å²) in [6.45, 7) is 3.35. The van der Waals surface area contributed by atoms with Gasteiger partial charge in [0, 0.05) is 26.3 Å². The third-order valence-corrected chi connectivity index (χ3v) is 2.97. The lowest BCUT2D eigenvalue weighted by atomic mass is 9.82. The maximum absolute atomic E-state index is 12.0. The van der Waals surface area contributed by atoms with E-state index in [0.29, 0.717) is 19.8 Å². The van der Waals surface area contributed by atoms with Gasteiger partial charge in [-0.05, 0) is 18.3 Å². The highest BCUT2D eigenvalue weighted by Crippen LogP contribution is 2.28. The number of alkyl halides is 3. The van der Waals surface area contributed by atoms with Crippen LogP contribution >= 0.6 is 0 Å². The molecule has 3 nitrogen and oxygen atoms in total. The molecule has 6 heteroatoms. The van der Waals surface area contributed by atoms with Gasteiger partial charge in [0.2, 0.25) is 0 Å². The zero-order valence-corrected chi connectivity index (χ0v) is 9.31. The molecule has 1 heterocycles. The van der Waals surface area contributed by atoms with Gasteiger partial charge >= 0.3 is 6.18 Å². The van der Waals surface area contributed by atoms with Crippen LogP contribution in [0, 0.1) is 5.41 Å². The molecule has 1 fully saturated rings. The van der Waals surface area contributed by atoms with Crippen molar-refractivity contribution in [2.45, 2.75) is 32.0 Å². The fraction of sp³-hybridized carbons (Fsp3) is 1.00. The molecule has 0 amide bonds. The molecule has 1 unspecified atom stereocenters. The first-order valence-electron chi connectivity index (χ1n) is 5.37. The molecule has 0 aromatic heterocycles. The van der Waals surface area contributed by atoms with Gasteiger partial charge < -0.3 is 15.2 Å². The summed E-state index contributed by atoms with van der Waals surface area (Å²) in [5, 5.41) is 11.5. The molecule has 0 aliphatic carbocycles. The standard InChI is InChI=1S/C10H18F3NO2/c1-9(2-4-16-5-3-9)7-14-6-8(15)10(11,12)13/h8,14-15H,2-7H2,1H3. The van der Waals surface area contributed by atoms with Gasteiger partial charge in [0.25, 0.3) is 0 Å². The summed E-state index contributed by atoms with van der Waals surface area (Å²) in [5.41, 5.74) is -0.0242. The predicted octanol–water partition coefficient (Wildman–Crippen LogP) is 1.32. The van der Waals surface area contributed by atoms with Crippen LogP contribution in [-0.2, 0) is 4.74 Å². The Bertz CT molecular complexity index is 215. The molecule has 0 aromatic carbocycles. The molecule has 1 saturated heterocycles. The average molecular weight is 241 g/mol. The summed E-state index contributed by atoms with van der Waals surface area (Å²) in [7, 11) is 0. The van der Waals surface area contributed by atoms with Crippen molar-refractivity contribution in [3.8, 4) is 0 Å². The molecule has 1 aliphatic heterocycles. The third-order valence-electron chi connectivity index (χ3n) is 2.97. The van der Waals surface area contributed by atoms with E-state index in [-0.39, 0.29) is 5.41 Å². The highest BCUT2D eigenvalue weighted by Gasteiger charge is 2.38. The summed E-state index contributed by atoms with van der Waals surface area (Å²) in [4.78, 5) is 0. The normalized spacial score (nSPS) is 23.1. The number of nitrogens with one attached hydrogen (secondary N) is 1. The van der Waals surface area contributed by atoms with E-state index in [1.54, 1.807) is 0 Å². The maximum Gasteiger partial charge on any atom is 0.415 e. The third kappa shape index (κ3) is 4.27. The molecule has 0 saturated carbocycles. The average Bonchev–Trinajstić information content (AvgIpc) is 2.17. The van der Waals surface area contributed by atoms with E-state index in [0.717, 1.165) is 12.8 Å². The van der Waals surface area contributed by atoms with Crippen LogP contribution in [0.25, 0.3) is 0 Å². The molecular weight excluding hydrogens is 223 g/mol. The van der Waals surface area contributed by atoms with Crippen LogP contribution in [0.15, 0.2) is 0 Å². The first kappa shape index (κ1) is 13.7. The Morgan fingerprint density at radius 2 is 1.94 bits per heavy atom. The van der Waals surface area contributed by atoms with Crippen molar-refractivity contribution in [3.63, 3.8) is 0 Å². The highest BCUT2D eigenvalue weighted by molar-refractivity contribution is 4.80. The lowest BCUT2D eigenvalue weighted by molar-refractivity contribution is -0.202. The van der Waals surface area contributed by atoms with Gasteiger partial charge in [-0.25, -0.2) is 0 Å². The van der Waals surface area contributed by atoms with Gasteiger partial charge in [0.15, 0.2) is 6.10 Å². The van der Waals surface area contributed by atoms with Crippen molar-refractivity contribution in [1.29, 1.82) is 0 Å². The summed E-state index contributed by atoms with van der Waals surface area (Å²) in [6, 6.07) is 0. The van der Waals surface area contributed by atoms with Crippen molar-refractivity contribution in [2.24, 2.45) is 5.41 Å². The van der Waals surface area contributed by atoms with Gasteiger partial charge in [-0.2, -0.15) is 13.2 Å². The van der Waals surface area contributed by atoms with Gasteiger partial charge in [-0.15, -0.1) is 0 Å². The van der Waals surface area contributed by atoms with Crippen LogP contribution in [0.2, 0.25) is 0 Å². The minimum absolute atomic E-state index is 0.0242. The van der Waals surface area contributed by atoms with Crippen LogP contribution in [0.3, 0.4) is 0 Å². The van der Waals surface area contributed by atoms with E-state index >= 15 is 0 Å². The predicted molar refractivity (Wildman–Crippen MR) is 53.1 cm³/mol. The minimum atomic E-state index is -4.54. The molecule has 0 radical (unpaired) electrons. The molecular formula is C10H18F3NO2. The topological polar surface area (TPSA) is 41.5 Å². The zero-order chi connectivity index (χ0) is 12.2. The van der Waals surface area contributed by atoms with Gasteiger partial charge in [0.05, 0.1) is 0 Å². The Hall–Kier alpha value is -0.330. The lowest BCUT2D eigenvalue weighted by Crippen LogP contribution is -2.43. The Balaban J connectivity index is 2.24. The van der Waals surface area contributed by atoms with Crippen molar-refractivity contribution in [1.82, 2.24) is 5.32 Å². The van der Waals surface area contributed by atoms with Gasteiger partial charge in [-0.1, -0.05) is 6.92 Å². The van der Waals surface area contributed by atoms with E-state index in [9.17, 15) is 13.2 Å². The number of aliphatic hydroxyl groups is 1. The van der Waals surface area contributed by atoms with Crippen molar-refractivity contribution >= 4 is 0 Å². The van der Waals surface area contributed by atoms with Gasteiger partial charge in [0.1, 0.15) is 0 Å². The number of halogens is 3. The maximum atomic E-state index is 12.0. The second-order valence-corrected chi connectivity index (χ2v) is 4.61. The highest BCUT2D eigenvalue weighted by atomic mass is 19.4. The van der Waals surface area contributed by atoms with Crippen LogP contribution in [0.4, 0.5) is 13.2 Å². The quantitative estimate of drug-likeness (QED) is 0.780. The number of rotatable bonds is 4. The smallest absolute Gasteiger partial charge is 0.382 e. The number of hydrogen-bond acceptors (Lipinski definition) is 3. The summed E-state index contributed by atoms with van der Waals surface area (Å²) >= 11 is 0. The molecule has 0 aromatic rings. The molecule has 1 rings (SSSR count).